The Bertz CT molecular complexity index is 904. The lowest BCUT2D eigenvalue weighted by molar-refractivity contribution is 0.0957. The summed E-state index contributed by atoms with van der Waals surface area (Å²) in [4.78, 5) is 12.0. The second-order valence-electron chi connectivity index (χ2n) is 5.01. The molecule has 1 heterocycles. The van der Waals surface area contributed by atoms with E-state index in [9.17, 15) is 4.79 Å². The number of amides is 1. The van der Waals surface area contributed by atoms with E-state index in [1.165, 1.54) is 0 Å². The molecule has 24 heavy (non-hydrogen) atoms. The van der Waals surface area contributed by atoms with Gasteiger partial charge in [-0.05, 0) is 36.4 Å². The molecule has 0 saturated heterocycles. The molecule has 0 unspecified atom stereocenters. The normalized spacial score (nSPS) is 10.7. The molecular formula is C17H12Cl3N3O. The molecule has 0 radical (unpaired) electrons. The smallest absolute Gasteiger partial charge is 0.271 e. The molecule has 0 saturated carbocycles. The number of aromatic nitrogens is 2. The van der Waals surface area contributed by atoms with Crippen LogP contribution in [0.1, 0.15) is 10.5 Å². The van der Waals surface area contributed by atoms with E-state index in [4.69, 9.17) is 34.8 Å². The number of halogens is 3. The van der Waals surface area contributed by atoms with Crippen molar-refractivity contribution in [1.82, 2.24) is 15.1 Å². The van der Waals surface area contributed by atoms with Crippen LogP contribution in [0, 0.1) is 0 Å². The molecule has 0 aliphatic rings. The molecule has 0 aliphatic heterocycles. The Hall–Kier alpha value is -2.01. The minimum atomic E-state index is -0.290. The molecule has 3 aromatic rings. The van der Waals surface area contributed by atoms with E-state index in [0.29, 0.717) is 26.4 Å². The number of benzene rings is 2. The third-order valence-electron chi connectivity index (χ3n) is 3.45. The van der Waals surface area contributed by atoms with Gasteiger partial charge in [-0.25, -0.2) is 4.68 Å². The minimum absolute atomic E-state index is 0.276. The molecule has 4 nitrogen and oxygen atoms in total. The van der Waals surface area contributed by atoms with Crippen LogP contribution in [0.2, 0.25) is 15.1 Å². The van der Waals surface area contributed by atoms with Gasteiger partial charge in [-0.15, -0.1) is 0 Å². The number of nitrogens with one attached hydrogen (secondary N) is 1. The number of nitrogens with zero attached hydrogens (tertiary/aromatic N) is 2. The van der Waals surface area contributed by atoms with Gasteiger partial charge in [-0.1, -0.05) is 46.9 Å². The summed E-state index contributed by atoms with van der Waals surface area (Å²) >= 11 is 18.3. The van der Waals surface area contributed by atoms with E-state index in [1.807, 2.05) is 12.1 Å². The Morgan fingerprint density at radius 2 is 1.67 bits per heavy atom. The van der Waals surface area contributed by atoms with Gasteiger partial charge in [-0.2, -0.15) is 5.10 Å². The van der Waals surface area contributed by atoms with Gasteiger partial charge in [0.2, 0.25) is 0 Å². The first-order valence-corrected chi connectivity index (χ1v) is 8.16. The molecule has 1 aromatic heterocycles. The quantitative estimate of drug-likeness (QED) is 0.705. The standard InChI is InChI=1S/C17H12Cl3N3O/c1-21-17(24)14-9-15(10-2-4-11(18)5-3-10)23(22-14)16-8-12(19)6-7-13(16)20/h2-9H,1H3,(H,21,24). The molecule has 1 N–H and O–H groups in total. The van der Waals surface area contributed by atoms with E-state index in [-0.39, 0.29) is 11.6 Å². The molecule has 0 spiro atoms. The average molecular weight is 381 g/mol. The van der Waals surface area contributed by atoms with Gasteiger partial charge in [0.05, 0.1) is 16.4 Å². The van der Waals surface area contributed by atoms with E-state index >= 15 is 0 Å². The zero-order valence-corrected chi connectivity index (χ0v) is 14.8. The highest BCUT2D eigenvalue weighted by atomic mass is 35.5. The summed E-state index contributed by atoms with van der Waals surface area (Å²) in [7, 11) is 1.55. The van der Waals surface area contributed by atoms with Gasteiger partial charge in [0.1, 0.15) is 0 Å². The topological polar surface area (TPSA) is 46.9 Å². The second-order valence-corrected chi connectivity index (χ2v) is 6.29. The van der Waals surface area contributed by atoms with Crippen molar-refractivity contribution in [2.75, 3.05) is 7.05 Å². The largest absolute Gasteiger partial charge is 0.354 e. The Balaban J connectivity index is 2.23. The maximum Gasteiger partial charge on any atom is 0.271 e. The van der Waals surface area contributed by atoms with Crippen LogP contribution < -0.4 is 5.32 Å². The molecular weight excluding hydrogens is 369 g/mol. The summed E-state index contributed by atoms with van der Waals surface area (Å²) in [6.45, 7) is 0. The highest BCUT2D eigenvalue weighted by Crippen LogP contribution is 2.30. The first kappa shape index (κ1) is 16.8. The second kappa shape index (κ2) is 6.85. The maximum atomic E-state index is 12.0. The zero-order chi connectivity index (χ0) is 17.3. The highest BCUT2D eigenvalue weighted by Gasteiger charge is 2.17. The van der Waals surface area contributed by atoms with Crippen LogP contribution in [-0.4, -0.2) is 22.7 Å². The number of hydrogen-bond donors (Lipinski definition) is 1. The molecule has 0 atom stereocenters. The molecule has 1 amide bonds. The van der Waals surface area contributed by atoms with Gasteiger partial charge in [0, 0.05) is 22.7 Å². The molecule has 7 heteroatoms. The van der Waals surface area contributed by atoms with Crippen molar-refractivity contribution in [2.45, 2.75) is 0 Å². The first-order chi connectivity index (χ1) is 11.5. The van der Waals surface area contributed by atoms with Crippen LogP contribution in [0.25, 0.3) is 16.9 Å². The van der Waals surface area contributed by atoms with Crippen LogP contribution in [-0.2, 0) is 0 Å². The minimum Gasteiger partial charge on any atom is -0.354 e. The van der Waals surface area contributed by atoms with Gasteiger partial charge in [0.15, 0.2) is 5.69 Å². The lowest BCUT2D eigenvalue weighted by Crippen LogP contribution is -2.18. The molecule has 0 bridgehead atoms. The van der Waals surface area contributed by atoms with Crippen molar-refractivity contribution in [3.63, 3.8) is 0 Å². The summed E-state index contributed by atoms with van der Waals surface area (Å²) in [5.74, 6) is -0.290. The van der Waals surface area contributed by atoms with Crippen molar-refractivity contribution in [1.29, 1.82) is 0 Å². The Labute approximate surface area is 154 Å². The van der Waals surface area contributed by atoms with Gasteiger partial charge in [0.25, 0.3) is 5.91 Å². The molecule has 2 aromatic carbocycles. The fourth-order valence-electron chi connectivity index (χ4n) is 2.28. The zero-order valence-electron chi connectivity index (χ0n) is 12.6. The van der Waals surface area contributed by atoms with Crippen molar-refractivity contribution >= 4 is 40.7 Å². The predicted octanol–water partition coefficient (Wildman–Crippen LogP) is 4.86. The number of hydrogen-bond acceptors (Lipinski definition) is 2. The van der Waals surface area contributed by atoms with Crippen LogP contribution in [0.5, 0.6) is 0 Å². The van der Waals surface area contributed by atoms with Crippen LogP contribution in [0.15, 0.2) is 48.5 Å². The predicted molar refractivity (Wildman–Crippen MR) is 97.4 cm³/mol. The van der Waals surface area contributed by atoms with E-state index in [2.05, 4.69) is 10.4 Å². The molecule has 0 aliphatic carbocycles. The van der Waals surface area contributed by atoms with Gasteiger partial charge >= 0.3 is 0 Å². The fraction of sp³-hybridized carbons (Fsp3) is 0.0588. The van der Waals surface area contributed by atoms with Crippen molar-refractivity contribution in [3.8, 4) is 16.9 Å². The molecule has 0 fully saturated rings. The summed E-state index contributed by atoms with van der Waals surface area (Å²) in [6.07, 6.45) is 0. The summed E-state index contributed by atoms with van der Waals surface area (Å²) < 4.78 is 1.60. The van der Waals surface area contributed by atoms with Crippen LogP contribution in [0.3, 0.4) is 0 Å². The average Bonchev–Trinajstić information content (AvgIpc) is 3.02. The van der Waals surface area contributed by atoms with E-state index in [1.54, 1.807) is 48.1 Å². The lowest BCUT2D eigenvalue weighted by Gasteiger charge is -2.10. The van der Waals surface area contributed by atoms with Crippen LogP contribution >= 0.6 is 34.8 Å². The maximum absolute atomic E-state index is 12.0. The number of carbonyl (C=O) groups is 1. The van der Waals surface area contributed by atoms with Crippen molar-refractivity contribution < 1.29 is 4.79 Å². The van der Waals surface area contributed by atoms with Crippen molar-refractivity contribution in [2.24, 2.45) is 0 Å². The fourth-order valence-corrected chi connectivity index (χ4v) is 2.77. The van der Waals surface area contributed by atoms with Gasteiger partial charge in [-0.3, -0.25) is 4.79 Å². The van der Waals surface area contributed by atoms with Gasteiger partial charge < -0.3 is 5.32 Å². The highest BCUT2D eigenvalue weighted by molar-refractivity contribution is 6.34. The summed E-state index contributed by atoms with van der Waals surface area (Å²) in [6, 6.07) is 14.0. The summed E-state index contributed by atoms with van der Waals surface area (Å²) in [5.41, 5.74) is 2.41. The first-order valence-electron chi connectivity index (χ1n) is 7.03. The van der Waals surface area contributed by atoms with E-state index < -0.39 is 0 Å². The summed E-state index contributed by atoms with van der Waals surface area (Å²) in [5, 5.41) is 8.56. The molecule has 3 rings (SSSR count). The Morgan fingerprint density at radius 3 is 2.33 bits per heavy atom. The van der Waals surface area contributed by atoms with Crippen LogP contribution in [0.4, 0.5) is 0 Å². The Kier molecular flexibility index (Phi) is 4.81. The SMILES string of the molecule is CNC(=O)c1cc(-c2ccc(Cl)cc2)n(-c2cc(Cl)ccc2Cl)n1. The molecule has 122 valence electrons. The number of carbonyl (C=O) groups excluding carboxylic acids is 1. The van der Waals surface area contributed by atoms with Crippen molar-refractivity contribution in [3.05, 3.63) is 69.3 Å². The lowest BCUT2D eigenvalue weighted by atomic mass is 10.1. The Morgan fingerprint density at radius 1 is 1.00 bits per heavy atom. The number of rotatable bonds is 3. The third-order valence-corrected chi connectivity index (χ3v) is 4.25. The van der Waals surface area contributed by atoms with E-state index in [0.717, 1.165) is 5.56 Å². The monoisotopic (exact) mass is 379 g/mol. The third kappa shape index (κ3) is 3.26.